The summed E-state index contributed by atoms with van der Waals surface area (Å²) in [6, 6.07) is 5.53. The third-order valence-corrected chi connectivity index (χ3v) is 2.95. The second-order valence-corrected chi connectivity index (χ2v) is 4.06. The van der Waals surface area contributed by atoms with Gasteiger partial charge < -0.3 is 0 Å². The van der Waals surface area contributed by atoms with E-state index >= 15 is 0 Å². The number of benzene rings is 1. The van der Waals surface area contributed by atoms with Gasteiger partial charge in [-0.1, -0.05) is 18.2 Å². The number of carbonyl (C=O) groups excluding carboxylic acids is 1. The second-order valence-electron chi connectivity index (χ2n) is 4.06. The van der Waals surface area contributed by atoms with Crippen molar-refractivity contribution in [2.75, 3.05) is 0 Å². The maximum atomic E-state index is 12.7. The maximum absolute atomic E-state index is 12.7. The minimum atomic E-state index is -4.33. The van der Waals surface area contributed by atoms with Gasteiger partial charge in [-0.25, -0.2) is 0 Å². The summed E-state index contributed by atoms with van der Waals surface area (Å²) in [7, 11) is 0. The van der Waals surface area contributed by atoms with E-state index in [1.54, 1.807) is 6.07 Å². The summed E-state index contributed by atoms with van der Waals surface area (Å²) in [5, 5.41) is 0. The van der Waals surface area contributed by atoms with E-state index in [1.807, 2.05) is 0 Å². The van der Waals surface area contributed by atoms with Gasteiger partial charge in [0.1, 0.15) is 5.78 Å². The van der Waals surface area contributed by atoms with Crippen LogP contribution in [0.5, 0.6) is 0 Å². The van der Waals surface area contributed by atoms with Crippen molar-refractivity contribution in [3.8, 4) is 0 Å². The summed E-state index contributed by atoms with van der Waals surface area (Å²) in [6.45, 7) is 0. The molecule has 0 heterocycles. The molecule has 2 rings (SSSR count). The zero-order valence-electron chi connectivity index (χ0n) is 8.55. The second kappa shape index (κ2) is 3.92. The van der Waals surface area contributed by atoms with Crippen LogP contribution in [0, 0.1) is 0 Å². The van der Waals surface area contributed by atoms with Crippen molar-refractivity contribution in [2.24, 2.45) is 0 Å². The average molecular weight is 228 g/mol. The van der Waals surface area contributed by atoms with E-state index in [0.717, 1.165) is 6.07 Å². The number of halogens is 3. The largest absolute Gasteiger partial charge is 0.416 e. The lowest BCUT2D eigenvalue weighted by molar-refractivity contribution is -0.138. The fourth-order valence-electron chi connectivity index (χ4n) is 2.19. The van der Waals surface area contributed by atoms with E-state index in [0.29, 0.717) is 12.8 Å². The Bertz CT molecular complexity index is 409. The summed E-state index contributed by atoms with van der Waals surface area (Å²) >= 11 is 0. The number of carbonyl (C=O) groups is 1. The molecule has 0 unspecified atom stereocenters. The summed E-state index contributed by atoms with van der Waals surface area (Å²) in [5.41, 5.74) is -0.337. The van der Waals surface area contributed by atoms with Gasteiger partial charge in [0.2, 0.25) is 0 Å². The van der Waals surface area contributed by atoms with Crippen LogP contribution in [0.1, 0.15) is 36.3 Å². The molecule has 16 heavy (non-hydrogen) atoms. The highest BCUT2D eigenvalue weighted by atomic mass is 19.4. The van der Waals surface area contributed by atoms with Crippen molar-refractivity contribution in [3.05, 3.63) is 35.4 Å². The lowest BCUT2D eigenvalue weighted by atomic mass is 9.92. The molecule has 86 valence electrons. The molecule has 0 N–H and O–H groups in total. The van der Waals surface area contributed by atoms with Crippen molar-refractivity contribution < 1.29 is 18.0 Å². The van der Waals surface area contributed by atoms with Crippen LogP contribution in [-0.2, 0) is 11.0 Å². The molecular weight excluding hydrogens is 217 g/mol. The number of Topliss-reactive ketones (excluding diaryl/α,β-unsaturated/α-hetero) is 1. The molecule has 1 aliphatic carbocycles. The molecule has 4 heteroatoms. The van der Waals surface area contributed by atoms with Gasteiger partial charge in [0.25, 0.3) is 0 Å². The predicted octanol–water partition coefficient (Wildman–Crippen LogP) is 3.54. The van der Waals surface area contributed by atoms with Gasteiger partial charge >= 0.3 is 6.18 Å². The van der Waals surface area contributed by atoms with Crippen LogP contribution in [0.4, 0.5) is 13.2 Å². The number of ketones is 1. The molecule has 0 aromatic heterocycles. The smallest absolute Gasteiger partial charge is 0.300 e. The lowest BCUT2D eigenvalue weighted by Crippen LogP contribution is -2.11. The maximum Gasteiger partial charge on any atom is 0.416 e. The predicted molar refractivity (Wildman–Crippen MR) is 53.0 cm³/mol. The molecule has 0 spiro atoms. The first-order valence-corrected chi connectivity index (χ1v) is 5.16. The van der Waals surface area contributed by atoms with Crippen LogP contribution in [0.3, 0.4) is 0 Å². The van der Waals surface area contributed by atoms with Gasteiger partial charge in [-0.05, 0) is 24.0 Å². The highest BCUT2D eigenvalue weighted by Crippen LogP contribution is 2.40. The van der Waals surface area contributed by atoms with Crippen LogP contribution in [0.2, 0.25) is 0 Å². The van der Waals surface area contributed by atoms with E-state index < -0.39 is 11.7 Å². The molecule has 1 nitrogen and oxygen atoms in total. The van der Waals surface area contributed by atoms with Gasteiger partial charge in [-0.3, -0.25) is 4.79 Å². The molecule has 1 aromatic rings. The Morgan fingerprint density at radius 2 is 1.88 bits per heavy atom. The van der Waals surface area contributed by atoms with E-state index in [2.05, 4.69) is 0 Å². The Morgan fingerprint density at radius 3 is 2.44 bits per heavy atom. The van der Waals surface area contributed by atoms with Crippen LogP contribution < -0.4 is 0 Å². The standard InChI is InChI=1S/C12H11F3O/c13-12(14,15)11-4-2-1-3-10(11)8-5-6-9(16)7-8/h1-4,8H,5-7H2/t8-/m0/s1. The monoisotopic (exact) mass is 228 g/mol. The Labute approximate surface area is 91.3 Å². The third kappa shape index (κ3) is 2.10. The van der Waals surface area contributed by atoms with Crippen LogP contribution in [-0.4, -0.2) is 5.78 Å². The van der Waals surface area contributed by atoms with Crippen molar-refractivity contribution >= 4 is 5.78 Å². The van der Waals surface area contributed by atoms with Crippen LogP contribution in [0.25, 0.3) is 0 Å². The molecule has 0 aliphatic heterocycles. The first-order valence-electron chi connectivity index (χ1n) is 5.16. The third-order valence-electron chi connectivity index (χ3n) is 2.95. The van der Waals surface area contributed by atoms with Crippen LogP contribution >= 0.6 is 0 Å². The molecule has 1 atom stereocenters. The summed E-state index contributed by atoms with van der Waals surface area (Å²) in [4.78, 5) is 11.1. The first-order chi connectivity index (χ1) is 7.48. The van der Waals surface area contributed by atoms with Gasteiger partial charge in [0, 0.05) is 12.8 Å². The SMILES string of the molecule is O=C1CC[C@H](c2ccccc2C(F)(F)F)C1. The summed E-state index contributed by atoms with van der Waals surface area (Å²) in [5.74, 6) is -0.202. The lowest BCUT2D eigenvalue weighted by Gasteiger charge is -2.16. The van der Waals surface area contributed by atoms with Gasteiger partial charge in [-0.2, -0.15) is 13.2 Å². The van der Waals surface area contributed by atoms with E-state index in [9.17, 15) is 18.0 Å². The molecule has 1 aliphatic rings. The minimum Gasteiger partial charge on any atom is -0.300 e. The summed E-state index contributed by atoms with van der Waals surface area (Å²) < 4.78 is 38.1. The summed E-state index contributed by atoms with van der Waals surface area (Å²) in [6.07, 6.45) is -3.15. The number of rotatable bonds is 1. The van der Waals surface area contributed by atoms with Crippen molar-refractivity contribution in [2.45, 2.75) is 31.4 Å². The van der Waals surface area contributed by atoms with Crippen molar-refractivity contribution in [3.63, 3.8) is 0 Å². The zero-order valence-corrected chi connectivity index (χ0v) is 8.55. The molecule has 1 saturated carbocycles. The molecular formula is C12H11F3O. The zero-order chi connectivity index (χ0) is 11.8. The fourth-order valence-corrected chi connectivity index (χ4v) is 2.19. The Balaban J connectivity index is 2.37. The minimum absolute atomic E-state index is 0.0574. The van der Waals surface area contributed by atoms with E-state index in [-0.39, 0.29) is 23.7 Å². The Kier molecular flexibility index (Phi) is 2.74. The molecule has 1 aromatic carbocycles. The number of hydrogen-bond acceptors (Lipinski definition) is 1. The molecule has 0 saturated heterocycles. The number of hydrogen-bond donors (Lipinski definition) is 0. The molecule has 1 fully saturated rings. The van der Waals surface area contributed by atoms with Crippen LogP contribution in [0.15, 0.2) is 24.3 Å². The quantitative estimate of drug-likeness (QED) is 0.718. The number of alkyl halides is 3. The normalized spacial score (nSPS) is 21.4. The Morgan fingerprint density at radius 1 is 1.19 bits per heavy atom. The van der Waals surface area contributed by atoms with Crippen molar-refractivity contribution in [1.29, 1.82) is 0 Å². The molecule has 0 amide bonds. The van der Waals surface area contributed by atoms with Gasteiger partial charge in [0.15, 0.2) is 0 Å². The highest BCUT2D eigenvalue weighted by Gasteiger charge is 2.36. The fraction of sp³-hybridized carbons (Fsp3) is 0.417. The first kappa shape index (κ1) is 11.2. The van der Waals surface area contributed by atoms with Crippen molar-refractivity contribution in [1.82, 2.24) is 0 Å². The molecule has 0 radical (unpaired) electrons. The van der Waals surface area contributed by atoms with Gasteiger partial charge in [0.05, 0.1) is 5.56 Å². The average Bonchev–Trinajstić information content (AvgIpc) is 2.64. The van der Waals surface area contributed by atoms with Gasteiger partial charge in [-0.15, -0.1) is 0 Å². The topological polar surface area (TPSA) is 17.1 Å². The van der Waals surface area contributed by atoms with E-state index in [4.69, 9.17) is 0 Å². The Hall–Kier alpha value is -1.32. The van der Waals surface area contributed by atoms with E-state index in [1.165, 1.54) is 12.1 Å². The highest BCUT2D eigenvalue weighted by molar-refractivity contribution is 5.81. The molecule has 0 bridgehead atoms.